The van der Waals surface area contributed by atoms with Crippen molar-refractivity contribution in [3.8, 4) is 0 Å². The molecule has 1 aromatic carbocycles. The molecular weight excluding hydrogens is 348 g/mol. The van der Waals surface area contributed by atoms with Gasteiger partial charge in [0.2, 0.25) is 15.2 Å². The number of hydrogen-bond acceptors (Lipinski definition) is 6. The van der Waals surface area contributed by atoms with Crippen LogP contribution in [0.15, 0.2) is 18.2 Å². The van der Waals surface area contributed by atoms with Gasteiger partial charge in [0, 0.05) is 18.0 Å². The van der Waals surface area contributed by atoms with Crippen LogP contribution in [-0.2, 0) is 16.4 Å². The van der Waals surface area contributed by atoms with Crippen LogP contribution in [-0.4, -0.2) is 37.3 Å². The molecule has 0 radical (unpaired) electrons. The molecule has 1 aliphatic heterocycles. The van der Waals surface area contributed by atoms with E-state index in [9.17, 15) is 13.2 Å². The molecular formula is C15H16N4O3S2. The number of hydrogen-bond donors (Lipinski definition) is 1. The third-order valence-corrected chi connectivity index (χ3v) is 6.36. The van der Waals surface area contributed by atoms with E-state index in [1.165, 1.54) is 21.9 Å². The molecule has 1 fully saturated rings. The van der Waals surface area contributed by atoms with Crippen molar-refractivity contribution in [1.82, 2.24) is 10.2 Å². The Kier molecular flexibility index (Phi) is 3.57. The molecule has 0 spiro atoms. The molecule has 1 saturated carbocycles. The number of amides is 1. The van der Waals surface area contributed by atoms with E-state index in [-0.39, 0.29) is 5.91 Å². The van der Waals surface area contributed by atoms with Gasteiger partial charge in [0.25, 0.3) is 5.91 Å². The number of rotatable bonds is 4. The Hall–Kier alpha value is -2.00. The summed E-state index contributed by atoms with van der Waals surface area (Å²) in [5.41, 5.74) is 2.01. The van der Waals surface area contributed by atoms with E-state index < -0.39 is 10.0 Å². The Morgan fingerprint density at radius 1 is 1.33 bits per heavy atom. The summed E-state index contributed by atoms with van der Waals surface area (Å²) in [6, 6.07) is 5.08. The molecule has 24 heavy (non-hydrogen) atoms. The van der Waals surface area contributed by atoms with Gasteiger partial charge in [-0.2, -0.15) is 0 Å². The van der Waals surface area contributed by atoms with Gasteiger partial charge in [-0.05, 0) is 43.0 Å². The average molecular weight is 364 g/mol. The second-order valence-corrected chi connectivity index (χ2v) is 9.02. The fourth-order valence-corrected chi connectivity index (χ4v) is 4.67. The molecule has 1 aromatic heterocycles. The van der Waals surface area contributed by atoms with Crippen molar-refractivity contribution in [2.75, 3.05) is 22.4 Å². The first-order valence-electron chi connectivity index (χ1n) is 7.67. The summed E-state index contributed by atoms with van der Waals surface area (Å²) in [6.45, 7) is 0.417. The minimum Gasteiger partial charge on any atom is -0.296 e. The average Bonchev–Trinajstić information content (AvgIpc) is 3.11. The molecule has 0 atom stereocenters. The number of fused-ring (bicyclic) bond motifs is 1. The zero-order valence-corrected chi connectivity index (χ0v) is 14.7. The first-order valence-corrected chi connectivity index (χ1v) is 10.3. The van der Waals surface area contributed by atoms with Crippen molar-refractivity contribution in [2.24, 2.45) is 0 Å². The van der Waals surface area contributed by atoms with Crippen molar-refractivity contribution < 1.29 is 13.2 Å². The van der Waals surface area contributed by atoms with Gasteiger partial charge in [-0.15, -0.1) is 10.2 Å². The Morgan fingerprint density at radius 3 is 2.83 bits per heavy atom. The van der Waals surface area contributed by atoms with E-state index >= 15 is 0 Å². The molecule has 2 aromatic rings. The van der Waals surface area contributed by atoms with Crippen LogP contribution in [0.4, 0.5) is 10.8 Å². The fourth-order valence-electron chi connectivity index (χ4n) is 2.81. The van der Waals surface area contributed by atoms with Crippen molar-refractivity contribution in [3.05, 3.63) is 34.3 Å². The molecule has 0 bridgehead atoms. The number of nitrogens with zero attached hydrogens (tertiary/aromatic N) is 3. The quantitative estimate of drug-likeness (QED) is 0.896. The topological polar surface area (TPSA) is 92.3 Å². The number of carbonyl (C=O) groups is 1. The summed E-state index contributed by atoms with van der Waals surface area (Å²) in [5.74, 6) is 0.254. The first-order chi connectivity index (χ1) is 11.4. The van der Waals surface area contributed by atoms with Crippen LogP contribution in [0.2, 0.25) is 0 Å². The molecule has 0 unspecified atom stereocenters. The lowest BCUT2D eigenvalue weighted by molar-refractivity contribution is 0.102. The van der Waals surface area contributed by atoms with E-state index in [1.54, 1.807) is 18.2 Å². The maximum atomic E-state index is 12.4. The van der Waals surface area contributed by atoms with E-state index in [0.717, 1.165) is 23.4 Å². The lowest BCUT2D eigenvalue weighted by Crippen LogP contribution is -2.27. The van der Waals surface area contributed by atoms with Crippen LogP contribution >= 0.6 is 11.3 Å². The first kappa shape index (κ1) is 15.5. The molecule has 9 heteroatoms. The zero-order valence-electron chi connectivity index (χ0n) is 13.0. The Labute approximate surface area is 143 Å². The van der Waals surface area contributed by atoms with E-state index in [1.807, 2.05) is 0 Å². The van der Waals surface area contributed by atoms with Gasteiger partial charge in [0.15, 0.2) is 0 Å². The monoisotopic (exact) mass is 364 g/mol. The van der Waals surface area contributed by atoms with Crippen molar-refractivity contribution in [3.63, 3.8) is 0 Å². The number of sulfonamides is 1. The van der Waals surface area contributed by atoms with Crippen molar-refractivity contribution in [2.45, 2.75) is 25.2 Å². The largest absolute Gasteiger partial charge is 0.296 e. The highest BCUT2D eigenvalue weighted by atomic mass is 32.2. The molecule has 7 nitrogen and oxygen atoms in total. The van der Waals surface area contributed by atoms with Crippen LogP contribution in [0.5, 0.6) is 0 Å². The van der Waals surface area contributed by atoms with Gasteiger partial charge in [0.05, 0.1) is 11.9 Å². The van der Waals surface area contributed by atoms with Gasteiger partial charge in [0.1, 0.15) is 5.01 Å². The van der Waals surface area contributed by atoms with Crippen LogP contribution in [0.1, 0.15) is 39.7 Å². The summed E-state index contributed by atoms with van der Waals surface area (Å²) in [4.78, 5) is 12.4. The van der Waals surface area contributed by atoms with E-state index in [0.29, 0.717) is 35.3 Å². The highest BCUT2D eigenvalue weighted by molar-refractivity contribution is 7.92. The van der Waals surface area contributed by atoms with Crippen LogP contribution in [0.25, 0.3) is 0 Å². The van der Waals surface area contributed by atoms with Gasteiger partial charge >= 0.3 is 0 Å². The molecule has 1 N–H and O–H groups in total. The molecule has 0 saturated heterocycles. The normalized spacial score (nSPS) is 17.0. The van der Waals surface area contributed by atoms with Gasteiger partial charge in [-0.3, -0.25) is 14.4 Å². The number of nitrogens with one attached hydrogen (secondary N) is 1. The summed E-state index contributed by atoms with van der Waals surface area (Å²) in [7, 11) is -3.28. The second kappa shape index (κ2) is 5.52. The standard InChI is InChI=1S/C15H16N4O3S2/c1-24(21,22)19-7-6-10-8-11(4-5-12(10)19)13(20)16-15-18-17-14(23-15)9-2-3-9/h4-5,8-9H,2-3,6-7H2,1H3,(H,16,18,20). The predicted molar refractivity (Wildman–Crippen MR) is 92.2 cm³/mol. The Balaban J connectivity index is 1.53. The Morgan fingerprint density at radius 2 is 2.12 bits per heavy atom. The minimum absolute atomic E-state index is 0.255. The third-order valence-electron chi connectivity index (χ3n) is 4.18. The van der Waals surface area contributed by atoms with Crippen LogP contribution < -0.4 is 9.62 Å². The lowest BCUT2D eigenvalue weighted by Gasteiger charge is -2.16. The molecule has 4 rings (SSSR count). The second-order valence-electron chi connectivity index (χ2n) is 6.10. The number of benzene rings is 1. The van der Waals surface area contributed by atoms with Crippen LogP contribution in [0, 0.1) is 0 Å². The highest BCUT2D eigenvalue weighted by Gasteiger charge is 2.28. The number of aromatic nitrogens is 2. The van der Waals surface area contributed by atoms with Gasteiger partial charge < -0.3 is 0 Å². The SMILES string of the molecule is CS(=O)(=O)N1CCc2cc(C(=O)Nc3nnc(C4CC4)s3)ccc21. The summed E-state index contributed by atoms with van der Waals surface area (Å²) in [6.07, 6.45) is 4.08. The van der Waals surface area contributed by atoms with E-state index in [2.05, 4.69) is 15.5 Å². The fraction of sp³-hybridized carbons (Fsp3) is 0.400. The highest BCUT2D eigenvalue weighted by Crippen LogP contribution is 2.42. The summed E-state index contributed by atoms with van der Waals surface area (Å²) in [5, 5.41) is 12.4. The zero-order chi connectivity index (χ0) is 16.9. The van der Waals surface area contributed by atoms with Gasteiger partial charge in [-0.25, -0.2) is 8.42 Å². The van der Waals surface area contributed by atoms with Crippen LogP contribution in [0.3, 0.4) is 0 Å². The lowest BCUT2D eigenvalue weighted by atomic mass is 10.1. The molecule has 1 amide bonds. The smallest absolute Gasteiger partial charge is 0.257 e. The molecule has 1 aliphatic carbocycles. The third kappa shape index (κ3) is 2.89. The number of carbonyl (C=O) groups excluding carboxylic acids is 1. The molecule has 2 aliphatic rings. The van der Waals surface area contributed by atoms with Crippen molar-refractivity contribution in [1.29, 1.82) is 0 Å². The minimum atomic E-state index is -3.28. The predicted octanol–water partition coefficient (Wildman–Crippen LogP) is 1.99. The van der Waals surface area contributed by atoms with Crippen molar-refractivity contribution >= 4 is 38.1 Å². The number of anilines is 2. The maximum absolute atomic E-state index is 12.4. The summed E-state index contributed by atoms with van der Waals surface area (Å²) >= 11 is 1.41. The summed E-state index contributed by atoms with van der Waals surface area (Å²) < 4.78 is 24.9. The molecule has 2 heterocycles. The van der Waals surface area contributed by atoms with Gasteiger partial charge in [-0.1, -0.05) is 11.3 Å². The Bertz CT molecular complexity index is 919. The maximum Gasteiger partial charge on any atom is 0.257 e. The van der Waals surface area contributed by atoms with E-state index in [4.69, 9.17) is 0 Å². The molecule has 126 valence electrons.